The zero-order valence-electron chi connectivity index (χ0n) is 13.9. The van der Waals surface area contributed by atoms with Gasteiger partial charge in [-0.3, -0.25) is 4.79 Å². The van der Waals surface area contributed by atoms with Gasteiger partial charge in [-0.05, 0) is 43.0 Å². The van der Waals surface area contributed by atoms with Gasteiger partial charge in [0.1, 0.15) is 11.3 Å². The van der Waals surface area contributed by atoms with Gasteiger partial charge < -0.3 is 14.5 Å². The number of hydrogen-bond donors (Lipinski definition) is 1. The van der Waals surface area contributed by atoms with Gasteiger partial charge in [0, 0.05) is 22.4 Å². The summed E-state index contributed by atoms with van der Waals surface area (Å²) in [5.41, 5.74) is 1.62. The third-order valence-corrected chi connectivity index (χ3v) is 4.47. The molecule has 5 nitrogen and oxygen atoms in total. The monoisotopic (exact) mass is 355 g/mol. The number of thioether (sulfide) groups is 1. The van der Waals surface area contributed by atoms with Crippen LogP contribution in [0.25, 0.3) is 11.0 Å². The van der Waals surface area contributed by atoms with E-state index in [0.29, 0.717) is 11.3 Å². The first-order chi connectivity index (χ1) is 12.1. The molecule has 3 aromatic rings. The number of nitrogens with one attached hydrogen (secondary N) is 1. The van der Waals surface area contributed by atoms with E-state index in [-0.39, 0.29) is 12.5 Å². The van der Waals surface area contributed by atoms with Crippen molar-refractivity contribution in [2.45, 2.75) is 11.8 Å². The van der Waals surface area contributed by atoms with E-state index in [9.17, 15) is 9.59 Å². The lowest BCUT2D eigenvalue weighted by atomic mass is 10.1. The van der Waals surface area contributed by atoms with Crippen LogP contribution in [0.4, 0.5) is 5.69 Å². The molecule has 1 amide bonds. The molecular weight excluding hydrogens is 338 g/mol. The predicted molar refractivity (Wildman–Crippen MR) is 99.6 cm³/mol. The zero-order chi connectivity index (χ0) is 17.8. The SMILES string of the molecule is CSc1ccccc1NC(=O)COc1ccc2c(C)cc(=O)oc2c1. The molecule has 0 aliphatic rings. The molecule has 128 valence electrons. The fourth-order valence-corrected chi connectivity index (χ4v) is 3.03. The Hall–Kier alpha value is -2.73. The third kappa shape index (κ3) is 4.03. The second-order valence-corrected chi connectivity index (χ2v) is 6.29. The van der Waals surface area contributed by atoms with Crippen LogP contribution in [0.3, 0.4) is 0 Å². The molecular formula is C19H17NO4S. The molecule has 0 saturated carbocycles. The molecule has 0 aliphatic heterocycles. The summed E-state index contributed by atoms with van der Waals surface area (Å²) >= 11 is 1.56. The Morgan fingerprint density at radius 3 is 2.80 bits per heavy atom. The molecule has 0 atom stereocenters. The minimum atomic E-state index is -0.409. The topological polar surface area (TPSA) is 68.5 Å². The lowest BCUT2D eigenvalue weighted by molar-refractivity contribution is -0.118. The largest absolute Gasteiger partial charge is 0.484 e. The molecule has 3 rings (SSSR count). The maximum absolute atomic E-state index is 12.1. The van der Waals surface area contributed by atoms with Crippen molar-refractivity contribution in [2.75, 3.05) is 18.2 Å². The Kier molecular flexibility index (Phi) is 5.09. The molecule has 0 unspecified atom stereocenters. The van der Waals surface area contributed by atoms with Crippen molar-refractivity contribution in [3.8, 4) is 5.75 Å². The third-order valence-electron chi connectivity index (χ3n) is 3.67. The Morgan fingerprint density at radius 2 is 2.00 bits per heavy atom. The van der Waals surface area contributed by atoms with E-state index in [1.807, 2.05) is 43.5 Å². The van der Waals surface area contributed by atoms with E-state index in [1.54, 1.807) is 23.9 Å². The fourth-order valence-electron chi connectivity index (χ4n) is 2.48. The Balaban J connectivity index is 1.70. The summed E-state index contributed by atoms with van der Waals surface area (Å²) in [5.74, 6) is 0.210. The summed E-state index contributed by atoms with van der Waals surface area (Å²) in [6.45, 7) is 1.71. The minimum Gasteiger partial charge on any atom is -0.484 e. The quantitative estimate of drug-likeness (QED) is 0.556. The summed E-state index contributed by atoms with van der Waals surface area (Å²) in [5, 5.41) is 3.67. The number of rotatable bonds is 5. The van der Waals surface area contributed by atoms with E-state index < -0.39 is 5.63 Å². The Labute approximate surface area is 149 Å². The zero-order valence-corrected chi connectivity index (χ0v) is 14.7. The van der Waals surface area contributed by atoms with E-state index >= 15 is 0 Å². The van der Waals surface area contributed by atoms with Crippen LogP contribution < -0.4 is 15.7 Å². The van der Waals surface area contributed by atoms with E-state index in [0.717, 1.165) is 21.5 Å². The molecule has 2 aromatic carbocycles. The smallest absolute Gasteiger partial charge is 0.336 e. The second-order valence-electron chi connectivity index (χ2n) is 5.44. The van der Waals surface area contributed by atoms with Crippen molar-refractivity contribution in [2.24, 2.45) is 0 Å². The summed E-state index contributed by atoms with van der Waals surface area (Å²) in [6, 6.07) is 14.2. The van der Waals surface area contributed by atoms with Gasteiger partial charge in [0.2, 0.25) is 0 Å². The number of anilines is 1. The van der Waals surface area contributed by atoms with E-state index in [2.05, 4.69) is 5.32 Å². The Bertz CT molecular complexity index is 981. The number of fused-ring (bicyclic) bond motifs is 1. The van der Waals surface area contributed by atoms with Gasteiger partial charge >= 0.3 is 5.63 Å². The van der Waals surface area contributed by atoms with Crippen LogP contribution in [0, 0.1) is 6.92 Å². The average molecular weight is 355 g/mol. The molecule has 0 saturated heterocycles. The number of carbonyl (C=O) groups excluding carboxylic acids is 1. The van der Waals surface area contributed by atoms with Gasteiger partial charge in [-0.1, -0.05) is 12.1 Å². The van der Waals surface area contributed by atoms with Crippen LogP contribution in [-0.2, 0) is 4.79 Å². The first-order valence-corrected chi connectivity index (χ1v) is 8.89. The normalized spacial score (nSPS) is 10.6. The summed E-state index contributed by atoms with van der Waals surface area (Å²) in [6.07, 6.45) is 1.95. The van der Waals surface area contributed by atoms with Crippen LogP contribution in [0.5, 0.6) is 5.75 Å². The molecule has 0 bridgehead atoms. The van der Waals surface area contributed by atoms with Crippen LogP contribution >= 0.6 is 11.8 Å². The van der Waals surface area contributed by atoms with Crippen LogP contribution in [0.1, 0.15) is 5.56 Å². The number of hydrogen-bond acceptors (Lipinski definition) is 5. The van der Waals surface area contributed by atoms with Crippen molar-refractivity contribution in [1.29, 1.82) is 0 Å². The highest BCUT2D eigenvalue weighted by molar-refractivity contribution is 7.98. The molecule has 1 heterocycles. The molecule has 0 radical (unpaired) electrons. The van der Waals surface area contributed by atoms with Gasteiger partial charge in [-0.25, -0.2) is 4.79 Å². The first-order valence-electron chi connectivity index (χ1n) is 7.67. The number of para-hydroxylation sites is 1. The summed E-state index contributed by atoms with van der Waals surface area (Å²) in [4.78, 5) is 24.6. The highest BCUT2D eigenvalue weighted by Gasteiger charge is 2.08. The lowest BCUT2D eigenvalue weighted by Crippen LogP contribution is -2.20. The number of carbonyl (C=O) groups is 1. The first kappa shape index (κ1) is 17.1. The number of ether oxygens (including phenoxy) is 1. The van der Waals surface area contributed by atoms with E-state index in [1.165, 1.54) is 6.07 Å². The van der Waals surface area contributed by atoms with Gasteiger partial charge in [-0.2, -0.15) is 0 Å². The Morgan fingerprint density at radius 1 is 1.20 bits per heavy atom. The number of aryl methyl sites for hydroxylation is 1. The van der Waals surface area contributed by atoms with Crippen LogP contribution in [0.2, 0.25) is 0 Å². The summed E-state index contributed by atoms with van der Waals surface area (Å²) < 4.78 is 10.7. The van der Waals surface area contributed by atoms with Crippen molar-refractivity contribution in [1.82, 2.24) is 0 Å². The molecule has 25 heavy (non-hydrogen) atoms. The second kappa shape index (κ2) is 7.44. The predicted octanol–water partition coefficient (Wildman–Crippen LogP) is 3.84. The number of benzene rings is 2. The minimum absolute atomic E-state index is 0.135. The van der Waals surface area contributed by atoms with Gasteiger partial charge in [0.25, 0.3) is 5.91 Å². The maximum Gasteiger partial charge on any atom is 0.336 e. The molecule has 0 fully saturated rings. The molecule has 1 aromatic heterocycles. The standard InChI is InChI=1S/C19H17NO4S/c1-12-9-19(22)24-16-10-13(7-8-14(12)16)23-11-18(21)20-15-5-3-4-6-17(15)25-2/h3-10H,11H2,1-2H3,(H,20,21). The highest BCUT2D eigenvalue weighted by Crippen LogP contribution is 2.25. The highest BCUT2D eigenvalue weighted by atomic mass is 32.2. The average Bonchev–Trinajstić information content (AvgIpc) is 2.60. The molecule has 6 heteroatoms. The van der Waals surface area contributed by atoms with E-state index in [4.69, 9.17) is 9.15 Å². The van der Waals surface area contributed by atoms with Crippen LogP contribution in [0.15, 0.2) is 62.6 Å². The maximum atomic E-state index is 12.1. The summed E-state index contributed by atoms with van der Waals surface area (Å²) in [7, 11) is 0. The van der Waals surface area contributed by atoms with Crippen molar-refractivity contribution in [3.63, 3.8) is 0 Å². The van der Waals surface area contributed by atoms with Gasteiger partial charge in [0.05, 0.1) is 5.69 Å². The number of amides is 1. The van der Waals surface area contributed by atoms with Crippen molar-refractivity contribution < 1.29 is 13.9 Å². The van der Waals surface area contributed by atoms with Crippen molar-refractivity contribution >= 4 is 34.3 Å². The lowest BCUT2D eigenvalue weighted by Gasteiger charge is -2.10. The van der Waals surface area contributed by atoms with Gasteiger partial charge in [-0.15, -0.1) is 11.8 Å². The van der Waals surface area contributed by atoms with Gasteiger partial charge in [0.15, 0.2) is 6.61 Å². The van der Waals surface area contributed by atoms with Crippen LogP contribution in [-0.4, -0.2) is 18.8 Å². The molecule has 0 spiro atoms. The van der Waals surface area contributed by atoms with Crippen molar-refractivity contribution in [3.05, 3.63) is 64.5 Å². The molecule has 0 aliphatic carbocycles. The molecule has 1 N–H and O–H groups in total. The fraction of sp³-hybridized carbons (Fsp3) is 0.158.